The summed E-state index contributed by atoms with van der Waals surface area (Å²) in [6, 6.07) is 13.9. The summed E-state index contributed by atoms with van der Waals surface area (Å²) in [5.41, 5.74) is 1.74. The summed E-state index contributed by atoms with van der Waals surface area (Å²) in [5.74, 6) is 2.41. The number of anilines is 1. The minimum absolute atomic E-state index is 0.0900. The number of fused-ring (bicyclic) bond motifs is 2. The van der Waals surface area contributed by atoms with Crippen LogP contribution in [0.5, 0.6) is 17.2 Å². The first-order chi connectivity index (χ1) is 12.5. The zero-order valence-corrected chi connectivity index (χ0v) is 15.7. The molecule has 26 heavy (non-hydrogen) atoms. The SMILES string of the molecule is CC1(C)CC(NC(=S)Nc2ccc3c(c2)OCCO3)c2ccccc2O1. The maximum atomic E-state index is 6.08. The molecule has 0 spiro atoms. The van der Waals surface area contributed by atoms with Gasteiger partial charge in [-0.1, -0.05) is 18.2 Å². The second-order valence-electron chi connectivity index (χ2n) is 7.11. The zero-order valence-electron chi connectivity index (χ0n) is 14.9. The van der Waals surface area contributed by atoms with Gasteiger partial charge in [0.15, 0.2) is 16.6 Å². The van der Waals surface area contributed by atoms with Crippen LogP contribution in [-0.2, 0) is 0 Å². The molecule has 2 aromatic carbocycles. The maximum Gasteiger partial charge on any atom is 0.171 e. The fraction of sp³-hybridized carbons (Fsp3) is 0.350. The van der Waals surface area contributed by atoms with Gasteiger partial charge < -0.3 is 24.8 Å². The summed E-state index contributed by atoms with van der Waals surface area (Å²) in [6.07, 6.45) is 0.826. The number of thiocarbonyl (C=S) groups is 1. The second-order valence-corrected chi connectivity index (χ2v) is 7.52. The van der Waals surface area contributed by atoms with Gasteiger partial charge in [0.1, 0.15) is 24.6 Å². The molecule has 0 aromatic heterocycles. The van der Waals surface area contributed by atoms with E-state index >= 15 is 0 Å². The molecule has 2 aromatic rings. The van der Waals surface area contributed by atoms with E-state index < -0.39 is 0 Å². The molecule has 0 saturated heterocycles. The second kappa shape index (κ2) is 6.68. The van der Waals surface area contributed by atoms with E-state index in [1.54, 1.807) is 0 Å². The van der Waals surface area contributed by atoms with E-state index in [4.69, 9.17) is 26.4 Å². The summed E-state index contributed by atoms with van der Waals surface area (Å²) in [6.45, 7) is 5.33. The molecular formula is C20H22N2O3S. The van der Waals surface area contributed by atoms with E-state index in [1.807, 2.05) is 36.4 Å². The van der Waals surface area contributed by atoms with Crippen molar-refractivity contribution in [2.24, 2.45) is 0 Å². The molecule has 2 N–H and O–H groups in total. The van der Waals surface area contributed by atoms with Crippen molar-refractivity contribution in [2.45, 2.75) is 31.9 Å². The van der Waals surface area contributed by atoms with Crippen molar-refractivity contribution in [1.82, 2.24) is 5.32 Å². The zero-order chi connectivity index (χ0) is 18.1. The van der Waals surface area contributed by atoms with E-state index in [1.165, 1.54) is 0 Å². The number of ether oxygens (including phenoxy) is 3. The summed E-state index contributed by atoms with van der Waals surface area (Å²) >= 11 is 5.54. The fourth-order valence-corrected chi connectivity index (χ4v) is 3.64. The van der Waals surface area contributed by atoms with Gasteiger partial charge in [-0.05, 0) is 44.3 Å². The van der Waals surface area contributed by atoms with Crippen LogP contribution in [0.15, 0.2) is 42.5 Å². The first kappa shape index (κ1) is 17.0. The van der Waals surface area contributed by atoms with E-state index in [0.717, 1.165) is 34.9 Å². The Kier molecular flexibility index (Phi) is 4.36. The number of hydrogen-bond donors (Lipinski definition) is 2. The topological polar surface area (TPSA) is 51.8 Å². The standard InChI is InChI=1S/C20H22N2O3S/c1-20(2)12-15(14-5-3-4-6-16(14)25-20)22-19(26)21-13-7-8-17-18(11-13)24-10-9-23-17/h3-8,11,15H,9-10,12H2,1-2H3,(H2,21,22,26). The lowest BCUT2D eigenvalue weighted by atomic mass is 9.90. The number of hydrogen-bond acceptors (Lipinski definition) is 4. The normalized spacial score (nSPS) is 19.7. The molecule has 2 aliphatic heterocycles. The van der Waals surface area contributed by atoms with E-state index in [-0.39, 0.29) is 11.6 Å². The summed E-state index contributed by atoms with van der Waals surface area (Å²) in [4.78, 5) is 0. The van der Waals surface area contributed by atoms with Crippen LogP contribution in [0, 0.1) is 0 Å². The minimum Gasteiger partial charge on any atom is -0.487 e. The van der Waals surface area contributed by atoms with Gasteiger partial charge in [0.2, 0.25) is 0 Å². The third-order valence-corrected chi connectivity index (χ3v) is 4.70. The summed E-state index contributed by atoms with van der Waals surface area (Å²) in [5, 5.41) is 7.24. The van der Waals surface area contributed by atoms with Gasteiger partial charge in [0.05, 0.1) is 6.04 Å². The predicted molar refractivity (Wildman–Crippen MR) is 105 cm³/mol. The molecule has 0 radical (unpaired) electrons. The Bertz CT molecular complexity index is 838. The number of nitrogens with one attached hydrogen (secondary N) is 2. The van der Waals surface area contributed by atoms with Crippen molar-refractivity contribution in [3.05, 3.63) is 48.0 Å². The Labute approximate surface area is 158 Å². The first-order valence-corrected chi connectivity index (χ1v) is 9.16. The van der Waals surface area contributed by atoms with Crippen LogP contribution in [0.4, 0.5) is 5.69 Å². The number of para-hydroxylation sites is 1. The summed E-state index contributed by atoms with van der Waals surface area (Å²) in [7, 11) is 0. The van der Waals surface area contributed by atoms with Gasteiger partial charge in [-0.2, -0.15) is 0 Å². The molecule has 1 unspecified atom stereocenters. The Morgan fingerprint density at radius 2 is 1.81 bits per heavy atom. The van der Waals surface area contributed by atoms with Crippen LogP contribution < -0.4 is 24.8 Å². The Hall–Kier alpha value is -2.47. The monoisotopic (exact) mass is 370 g/mol. The van der Waals surface area contributed by atoms with E-state index in [9.17, 15) is 0 Å². The number of rotatable bonds is 2. The molecule has 2 aliphatic rings. The van der Waals surface area contributed by atoms with Gasteiger partial charge in [-0.3, -0.25) is 0 Å². The van der Waals surface area contributed by atoms with Crippen LogP contribution in [0.2, 0.25) is 0 Å². The average Bonchev–Trinajstić information content (AvgIpc) is 2.60. The van der Waals surface area contributed by atoms with Gasteiger partial charge >= 0.3 is 0 Å². The van der Waals surface area contributed by atoms with Crippen LogP contribution >= 0.6 is 12.2 Å². The van der Waals surface area contributed by atoms with Crippen molar-refractivity contribution < 1.29 is 14.2 Å². The molecule has 0 fully saturated rings. The van der Waals surface area contributed by atoms with Gasteiger partial charge in [0, 0.05) is 23.7 Å². The highest BCUT2D eigenvalue weighted by Crippen LogP contribution is 2.39. The average molecular weight is 370 g/mol. The molecule has 0 aliphatic carbocycles. The van der Waals surface area contributed by atoms with E-state index in [2.05, 4.69) is 30.5 Å². The van der Waals surface area contributed by atoms with Gasteiger partial charge in [-0.25, -0.2) is 0 Å². The highest BCUT2D eigenvalue weighted by atomic mass is 32.1. The summed E-state index contributed by atoms with van der Waals surface area (Å²) < 4.78 is 17.3. The number of benzene rings is 2. The molecule has 0 bridgehead atoms. The molecular weight excluding hydrogens is 348 g/mol. The van der Waals surface area contributed by atoms with Crippen molar-refractivity contribution >= 4 is 23.0 Å². The third-order valence-electron chi connectivity index (χ3n) is 4.48. The Balaban J connectivity index is 1.48. The molecule has 2 heterocycles. The van der Waals surface area contributed by atoms with E-state index in [0.29, 0.717) is 18.3 Å². The van der Waals surface area contributed by atoms with Crippen molar-refractivity contribution in [2.75, 3.05) is 18.5 Å². The minimum atomic E-state index is -0.251. The first-order valence-electron chi connectivity index (χ1n) is 8.75. The molecule has 0 saturated carbocycles. The Morgan fingerprint density at radius 1 is 1.04 bits per heavy atom. The van der Waals surface area contributed by atoms with Crippen LogP contribution in [0.3, 0.4) is 0 Å². The molecule has 136 valence electrons. The smallest absolute Gasteiger partial charge is 0.171 e. The van der Waals surface area contributed by atoms with Crippen LogP contribution in [-0.4, -0.2) is 23.9 Å². The molecule has 4 rings (SSSR count). The van der Waals surface area contributed by atoms with Crippen molar-refractivity contribution in [1.29, 1.82) is 0 Å². The molecule has 5 nitrogen and oxygen atoms in total. The van der Waals surface area contributed by atoms with Gasteiger partial charge in [0.25, 0.3) is 0 Å². The third kappa shape index (κ3) is 3.55. The molecule has 1 atom stereocenters. The highest BCUT2D eigenvalue weighted by Gasteiger charge is 2.33. The lowest BCUT2D eigenvalue weighted by Crippen LogP contribution is -2.42. The van der Waals surface area contributed by atoms with Crippen LogP contribution in [0.1, 0.15) is 31.9 Å². The largest absolute Gasteiger partial charge is 0.487 e. The maximum absolute atomic E-state index is 6.08. The quantitative estimate of drug-likeness (QED) is 0.778. The predicted octanol–water partition coefficient (Wildman–Crippen LogP) is 4.05. The molecule has 0 amide bonds. The molecule has 6 heteroatoms. The van der Waals surface area contributed by atoms with Crippen LogP contribution in [0.25, 0.3) is 0 Å². The Morgan fingerprint density at radius 3 is 2.65 bits per heavy atom. The lowest BCUT2D eigenvalue weighted by Gasteiger charge is -2.38. The van der Waals surface area contributed by atoms with Crippen molar-refractivity contribution in [3.63, 3.8) is 0 Å². The highest BCUT2D eigenvalue weighted by molar-refractivity contribution is 7.80. The van der Waals surface area contributed by atoms with Crippen molar-refractivity contribution in [3.8, 4) is 17.2 Å². The lowest BCUT2D eigenvalue weighted by molar-refractivity contribution is 0.0697. The van der Waals surface area contributed by atoms with Gasteiger partial charge in [-0.15, -0.1) is 0 Å². The fourth-order valence-electron chi connectivity index (χ4n) is 3.38.